The van der Waals surface area contributed by atoms with E-state index in [4.69, 9.17) is 0 Å². The molecule has 1 saturated heterocycles. The third kappa shape index (κ3) is 3.13. The average molecular weight is 263 g/mol. The summed E-state index contributed by atoms with van der Waals surface area (Å²) in [7, 11) is 0. The second-order valence-electron chi connectivity index (χ2n) is 5.24. The van der Waals surface area contributed by atoms with Crippen LogP contribution in [-0.2, 0) is 0 Å². The first-order valence-electron chi connectivity index (χ1n) is 7.09. The first-order chi connectivity index (χ1) is 9.34. The van der Waals surface area contributed by atoms with Gasteiger partial charge in [0.2, 0.25) is 0 Å². The van der Waals surface area contributed by atoms with Crippen LogP contribution in [0.2, 0.25) is 0 Å². The molecule has 104 valence electrons. The van der Waals surface area contributed by atoms with Gasteiger partial charge in [0.1, 0.15) is 0 Å². The molecule has 2 fully saturated rings. The Hall–Kier alpha value is -1.40. The van der Waals surface area contributed by atoms with Gasteiger partial charge in [-0.15, -0.1) is 0 Å². The van der Waals surface area contributed by atoms with Crippen LogP contribution in [0.15, 0.2) is 17.2 Å². The minimum absolute atomic E-state index is 0.0188. The highest BCUT2D eigenvalue weighted by Gasteiger charge is 2.25. The first-order valence-corrected chi connectivity index (χ1v) is 7.09. The Kier molecular flexibility index (Phi) is 3.79. The molecule has 1 aromatic heterocycles. The standard InChI is InChI=1S/C13H21N5O/c19-13-12(16-6-10-18(13)11-1-2-11)15-5-9-17-7-3-14-4-8-17/h6,10-11,14H,1-5,7-9H2,(H,15,16). The number of hydrogen-bond donors (Lipinski definition) is 2. The molecule has 2 aliphatic rings. The number of rotatable bonds is 5. The van der Waals surface area contributed by atoms with Crippen LogP contribution in [0.3, 0.4) is 0 Å². The lowest BCUT2D eigenvalue weighted by Gasteiger charge is -2.27. The summed E-state index contributed by atoms with van der Waals surface area (Å²) in [5, 5.41) is 6.51. The van der Waals surface area contributed by atoms with E-state index < -0.39 is 0 Å². The molecule has 2 heterocycles. The molecule has 6 nitrogen and oxygen atoms in total. The molecular formula is C13H21N5O. The van der Waals surface area contributed by atoms with Crippen molar-refractivity contribution in [2.75, 3.05) is 44.6 Å². The van der Waals surface area contributed by atoms with Gasteiger partial charge in [0, 0.05) is 57.7 Å². The molecule has 0 atom stereocenters. The molecule has 1 aliphatic carbocycles. The van der Waals surface area contributed by atoms with Crippen molar-refractivity contribution < 1.29 is 0 Å². The topological polar surface area (TPSA) is 62.2 Å². The van der Waals surface area contributed by atoms with Crippen LogP contribution in [0.25, 0.3) is 0 Å². The molecule has 1 aromatic rings. The molecule has 0 aromatic carbocycles. The smallest absolute Gasteiger partial charge is 0.293 e. The number of aromatic nitrogens is 2. The van der Waals surface area contributed by atoms with Gasteiger partial charge in [-0.1, -0.05) is 0 Å². The number of nitrogens with one attached hydrogen (secondary N) is 2. The van der Waals surface area contributed by atoms with Gasteiger partial charge >= 0.3 is 0 Å². The van der Waals surface area contributed by atoms with Crippen molar-refractivity contribution in [1.29, 1.82) is 0 Å². The van der Waals surface area contributed by atoms with Crippen LogP contribution >= 0.6 is 0 Å². The molecule has 1 saturated carbocycles. The van der Waals surface area contributed by atoms with Crippen LogP contribution in [0, 0.1) is 0 Å². The van der Waals surface area contributed by atoms with Crippen molar-refractivity contribution in [3.8, 4) is 0 Å². The van der Waals surface area contributed by atoms with Crippen molar-refractivity contribution in [3.63, 3.8) is 0 Å². The minimum atomic E-state index is 0.0188. The summed E-state index contributed by atoms with van der Waals surface area (Å²) in [6, 6.07) is 0.407. The molecule has 0 radical (unpaired) electrons. The van der Waals surface area contributed by atoms with Gasteiger partial charge in [0.05, 0.1) is 0 Å². The van der Waals surface area contributed by atoms with E-state index in [2.05, 4.69) is 20.5 Å². The first kappa shape index (κ1) is 12.6. The minimum Gasteiger partial charge on any atom is -0.364 e. The van der Waals surface area contributed by atoms with Gasteiger partial charge in [-0.05, 0) is 12.8 Å². The Morgan fingerprint density at radius 3 is 2.89 bits per heavy atom. The Morgan fingerprint density at radius 1 is 1.37 bits per heavy atom. The third-order valence-corrected chi connectivity index (χ3v) is 3.74. The monoisotopic (exact) mass is 263 g/mol. The van der Waals surface area contributed by atoms with E-state index >= 15 is 0 Å². The summed E-state index contributed by atoms with van der Waals surface area (Å²) in [6.07, 6.45) is 5.74. The molecule has 0 bridgehead atoms. The fraction of sp³-hybridized carbons (Fsp3) is 0.692. The summed E-state index contributed by atoms with van der Waals surface area (Å²) < 4.78 is 1.81. The predicted octanol–water partition coefficient (Wildman–Crippen LogP) is -0.105. The van der Waals surface area contributed by atoms with Crippen LogP contribution in [0.1, 0.15) is 18.9 Å². The molecular weight excluding hydrogens is 242 g/mol. The molecule has 0 amide bonds. The van der Waals surface area contributed by atoms with Crippen molar-refractivity contribution in [2.24, 2.45) is 0 Å². The molecule has 3 rings (SSSR count). The fourth-order valence-electron chi connectivity index (χ4n) is 2.45. The Labute approximate surface area is 112 Å². The van der Waals surface area contributed by atoms with Crippen LogP contribution in [0.4, 0.5) is 5.82 Å². The Bertz CT molecular complexity index is 476. The van der Waals surface area contributed by atoms with Gasteiger partial charge in [-0.25, -0.2) is 4.98 Å². The number of hydrogen-bond acceptors (Lipinski definition) is 5. The van der Waals surface area contributed by atoms with E-state index in [1.54, 1.807) is 17.0 Å². The molecule has 2 N–H and O–H groups in total. The maximum Gasteiger partial charge on any atom is 0.293 e. The summed E-state index contributed by atoms with van der Waals surface area (Å²) in [5.74, 6) is 0.490. The van der Waals surface area contributed by atoms with E-state index in [-0.39, 0.29) is 5.56 Å². The van der Waals surface area contributed by atoms with Crippen molar-refractivity contribution in [1.82, 2.24) is 19.8 Å². The van der Waals surface area contributed by atoms with E-state index in [1.807, 2.05) is 0 Å². The quantitative estimate of drug-likeness (QED) is 0.776. The van der Waals surface area contributed by atoms with Crippen LogP contribution in [-0.4, -0.2) is 53.7 Å². The second-order valence-corrected chi connectivity index (χ2v) is 5.24. The van der Waals surface area contributed by atoms with Gasteiger partial charge < -0.3 is 15.2 Å². The maximum atomic E-state index is 12.1. The van der Waals surface area contributed by atoms with Gasteiger partial charge in [0.25, 0.3) is 5.56 Å². The third-order valence-electron chi connectivity index (χ3n) is 3.74. The van der Waals surface area contributed by atoms with E-state index in [1.165, 1.54) is 0 Å². The molecule has 0 spiro atoms. The lowest BCUT2D eigenvalue weighted by Crippen LogP contribution is -2.45. The van der Waals surface area contributed by atoms with Crippen molar-refractivity contribution >= 4 is 5.82 Å². The molecule has 19 heavy (non-hydrogen) atoms. The molecule has 6 heteroatoms. The van der Waals surface area contributed by atoms with Gasteiger partial charge in [-0.2, -0.15) is 0 Å². The molecule has 0 unspecified atom stereocenters. The maximum absolute atomic E-state index is 12.1. The largest absolute Gasteiger partial charge is 0.364 e. The average Bonchev–Trinajstić information content (AvgIpc) is 3.26. The zero-order chi connectivity index (χ0) is 13.1. The van der Waals surface area contributed by atoms with Crippen LogP contribution in [0.5, 0.6) is 0 Å². The van der Waals surface area contributed by atoms with Gasteiger partial charge in [-0.3, -0.25) is 9.69 Å². The summed E-state index contributed by atoms with van der Waals surface area (Å²) in [5.41, 5.74) is 0.0188. The number of piperazine rings is 1. The second kappa shape index (κ2) is 5.71. The highest BCUT2D eigenvalue weighted by atomic mass is 16.1. The SMILES string of the molecule is O=c1c(NCCN2CCNCC2)nccn1C1CC1. The number of nitrogens with zero attached hydrogens (tertiary/aromatic N) is 3. The Morgan fingerprint density at radius 2 is 2.16 bits per heavy atom. The Balaban J connectivity index is 1.54. The highest BCUT2D eigenvalue weighted by Crippen LogP contribution is 2.33. The van der Waals surface area contributed by atoms with Crippen LogP contribution < -0.4 is 16.2 Å². The van der Waals surface area contributed by atoms with E-state index in [0.717, 1.165) is 52.1 Å². The normalized spacial score (nSPS) is 20.4. The summed E-state index contributed by atoms with van der Waals surface area (Å²) in [4.78, 5) is 18.7. The van der Waals surface area contributed by atoms with Crippen molar-refractivity contribution in [2.45, 2.75) is 18.9 Å². The predicted molar refractivity (Wildman–Crippen MR) is 74.6 cm³/mol. The highest BCUT2D eigenvalue weighted by molar-refractivity contribution is 5.31. The fourth-order valence-corrected chi connectivity index (χ4v) is 2.45. The zero-order valence-electron chi connectivity index (χ0n) is 11.1. The van der Waals surface area contributed by atoms with E-state index in [9.17, 15) is 4.79 Å². The lowest BCUT2D eigenvalue weighted by molar-refractivity contribution is 0.249. The summed E-state index contributed by atoms with van der Waals surface area (Å²) in [6.45, 7) is 6.00. The summed E-state index contributed by atoms with van der Waals surface area (Å²) >= 11 is 0. The number of anilines is 1. The lowest BCUT2D eigenvalue weighted by atomic mass is 10.3. The molecule has 1 aliphatic heterocycles. The van der Waals surface area contributed by atoms with Gasteiger partial charge in [0.15, 0.2) is 5.82 Å². The van der Waals surface area contributed by atoms with E-state index in [0.29, 0.717) is 11.9 Å². The zero-order valence-corrected chi connectivity index (χ0v) is 11.1. The van der Waals surface area contributed by atoms with Crippen molar-refractivity contribution in [3.05, 3.63) is 22.7 Å².